The summed E-state index contributed by atoms with van der Waals surface area (Å²) in [4.78, 5) is 13.7. The number of hydrogen-bond acceptors (Lipinski definition) is 3. The highest BCUT2D eigenvalue weighted by atomic mass is 16.5. The van der Waals surface area contributed by atoms with Crippen LogP contribution in [0.15, 0.2) is 97.1 Å². The Balaban J connectivity index is 1.82. The van der Waals surface area contributed by atoms with Crippen molar-refractivity contribution in [1.29, 1.82) is 0 Å². The van der Waals surface area contributed by atoms with E-state index in [1.54, 1.807) is 14.2 Å². The second-order valence-electron chi connectivity index (χ2n) is 6.88. The topological polar surface area (TPSA) is 35.5 Å². The van der Waals surface area contributed by atoms with E-state index in [-0.39, 0.29) is 5.78 Å². The number of carbonyl (C=O) groups is 1. The highest BCUT2D eigenvalue weighted by molar-refractivity contribution is 6.16. The zero-order valence-corrected chi connectivity index (χ0v) is 17.0. The lowest BCUT2D eigenvalue weighted by atomic mass is 9.90. The predicted molar refractivity (Wildman–Crippen MR) is 120 cm³/mol. The van der Waals surface area contributed by atoms with Crippen molar-refractivity contribution in [2.45, 2.75) is 0 Å². The summed E-state index contributed by atoms with van der Waals surface area (Å²) in [7, 11) is 3.28. The molecule has 0 saturated carbocycles. The summed E-state index contributed by atoms with van der Waals surface area (Å²) < 4.78 is 10.7. The van der Waals surface area contributed by atoms with Gasteiger partial charge in [0.2, 0.25) is 0 Å². The van der Waals surface area contributed by atoms with Crippen LogP contribution >= 0.6 is 0 Å². The van der Waals surface area contributed by atoms with Gasteiger partial charge in [-0.1, -0.05) is 72.8 Å². The highest BCUT2D eigenvalue weighted by Gasteiger charge is 2.18. The van der Waals surface area contributed by atoms with Gasteiger partial charge in [-0.3, -0.25) is 4.79 Å². The van der Waals surface area contributed by atoms with E-state index < -0.39 is 0 Å². The van der Waals surface area contributed by atoms with E-state index in [1.807, 2.05) is 97.1 Å². The van der Waals surface area contributed by atoms with E-state index in [0.717, 1.165) is 33.8 Å². The fraction of sp³-hybridized carbons (Fsp3) is 0.0741. The van der Waals surface area contributed by atoms with Gasteiger partial charge >= 0.3 is 0 Å². The van der Waals surface area contributed by atoms with E-state index in [2.05, 4.69) is 0 Å². The molecule has 0 amide bonds. The standard InChI is InChI=1S/C27H22O3/c1-29-21-11-7-9-19(17-21)23-13-3-5-15-25(23)27(28)26-16-6-4-14-24(26)20-10-8-12-22(18-20)30-2/h3-18H,1-2H3. The van der Waals surface area contributed by atoms with Crippen LogP contribution in [0.4, 0.5) is 0 Å². The zero-order valence-electron chi connectivity index (χ0n) is 17.0. The number of rotatable bonds is 6. The van der Waals surface area contributed by atoms with E-state index in [0.29, 0.717) is 11.1 Å². The Hall–Kier alpha value is -3.85. The molecule has 0 atom stereocenters. The largest absolute Gasteiger partial charge is 0.497 e. The molecule has 4 aromatic carbocycles. The molecule has 148 valence electrons. The van der Waals surface area contributed by atoms with Gasteiger partial charge in [0.25, 0.3) is 0 Å². The predicted octanol–water partition coefficient (Wildman–Crippen LogP) is 6.27. The van der Waals surface area contributed by atoms with Gasteiger partial charge in [-0.05, 0) is 46.5 Å². The number of ketones is 1. The molecule has 0 bridgehead atoms. The van der Waals surface area contributed by atoms with Crippen LogP contribution in [0, 0.1) is 0 Å². The molecule has 0 aliphatic heterocycles. The maximum absolute atomic E-state index is 13.7. The van der Waals surface area contributed by atoms with E-state index >= 15 is 0 Å². The number of ether oxygens (including phenoxy) is 2. The summed E-state index contributed by atoms with van der Waals surface area (Å²) in [5, 5.41) is 0. The SMILES string of the molecule is COc1cccc(-c2ccccc2C(=O)c2ccccc2-c2cccc(OC)c2)c1. The van der Waals surface area contributed by atoms with Crippen molar-refractivity contribution in [3.63, 3.8) is 0 Å². The first-order chi connectivity index (χ1) is 14.7. The van der Waals surface area contributed by atoms with Crippen LogP contribution < -0.4 is 9.47 Å². The lowest BCUT2D eigenvalue weighted by molar-refractivity contribution is 0.104. The van der Waals surface area contributed by atoms with Gasteiger partial charge < -0.3 is 9.47 Å². The highest BCUT2D eigenvalue weighted by Crippen LogP contribution is 2.32. The molecule has 0 aromatic heterocycles. The van der Waals surface area contributed by atoms with Crippen LogP contribution in [-0.4, -0.2) is 20.0 Å². The van der Waals surface area contributed by atoms with Crippen molar-refractivity contribution in [3.05, 3.63) is 108 Å². The van der Waals surface area contributed by atoms with Crippen LogP contribution in [0.25, 0.3) is 22.3 Å². The Morgan fingerprint density at radius 2 is 1.00 bits per heavy atom. The first kappa shape index (κ1) is 19.5. The minimum atomic E-state index is -0.0214. The van der Waals surface area contributed by atoms with Crippen LogP contribution in [0.3, 0.4) is 0 Å². The Labute approximate surface area is 176 Å². The molecule has 3 nitrogen and oxygen atoms in total. The first-order valence-corrected chi connectivity index (χ1v) is 9.73. The summed E-state index contributed by atoms with van der Waals surface area (Å²) in [6.07, 6.45) is 0. The second-order valence-corrected chi connectivity index (χ2v) is 6.88. The molecule has 0 spiro atoms. The average Bonchev–Trinajstić information content (AvgIpc) is 2.83. The van der Waals surface area contributed by atoms with Crippen LogP contribution in [0.1, 0.15) is 15.9 Å². The van der Waals surface area contributed by atoms with Crippen molar-refractivity contribution in [1.82, 2.24) is 0 Å². The molecular formula is C27H22O3. The molecular weight excluding hydrogens is 372 g/mol. The number of methoxy groups -OCH3 is 2. The van der Waals surface area contributed by atoms with Crippen molar-refractivity contribution >= 4 is 5.78 Å². The molecule has 0 unspecified atom stereocenters. The monoisotopic (exact) mass is 394 g/mol. The number of carbonyl (C=O) groups excluding carboxylic acids is 1. The van der Waals surface area contributed by atoms with Crippen molar-refractivity contribution in [2.24, 2.45) is 0 Å². The Morgan fingerprint density at radius 1 is 0.567 bits per heavy atom. The first-order valence-electron chi connectivity index (χ1n) is 9.73. The Bertz CT molecular complexity index is 1100. The molecule has 4 rings (SSSR count). The third-order valence-electron chi connectivity index (χ3n) is 5.10. The van der Waals surface area contributed by atoms with Gasteiger partial charge in [0.05, 0.1) is 14.2 Å². The van der Waals surface area contributed by atoms with Crippen LogP contribution in [-0.2, 0) is 0 Å². The summed E-state index contributed by atoms with van der Waals surface area (Å²) in [5.74, 6) is 1.49. The lowest BCUT2D eigenvalue weighted by Crippen LogP contribution is -2.05. The third-order valence-corrected chi connectivity index (χ3v) is 5.10. The fourth-order valence-corrected chi connectivity index (χ4v) is 3.59. The van der Waals surface area contributed by atoms with Crippen LogP contribution in [0.2, 0.25) is 0 Å². The van der Waals surface area contributed by atoms with Gasteiger partial charge in [-0.25, -0.2) is 0 Å². The maximum atomic E-state index is 13.7. The zero-order chi connectivity index (χ0) is 20.9. The molecule has 0 aliphatic carbocycles. The number of hydrogen-bond donors (Lipinski definition) is 0. The van der Waals surface area contributed by atoms with Crippen molar-refractivity contribution in [2.75, 3.05) is 14.2 Å². The average molecular weight is 394 g/mol. The molecule has 0 aliphatic rings. The van der Waals surface area contributed by atoms with Gasteiger partial charge in [-0.15, -0.1) is 0 Å². The summed E-state index contributed by atoms with van der Waals surface area (Å²) in [6.45, 7) is 0. The molecule has 0 N–H and O–H groups in total. The van der Waals surface area contributed by atoms with Crippen molar-refractivity contribution < 1.29 is 14.3 Å². The van der Waals surface area contributed by atoms with E-state index in [1.165, 1.54) is 0 Å². The van der Waals surface area contributed by atoms with E-state index in [9.17, 15) is 4.79 Å². The van der Waals surface area contributed by atoms with Gasteiger partial charge in [0.15, 0.2) is 5.78 Å². The smallest absolute Gasteiger partial charge is 0.194 e. The summed E-state index contributed by atoms with van der Waals surface area (Å²) in [5.41, 5.74) is 4.94. The van der Waals surface area contributed by atoms with E-state index in [4.69, 9.17) is 9.47 Å². The molecule has 0 heterocycles. The maximum Gasteiger partial charge on any atom is 0.194 e. The quantitative estimate of drug-likeness (QED) is 0.362. The molecule has 4 aromatic rings. The minimum Gasteiger partial charge on any atom is -0.497 e. The summed E-state index contributed by atoms with van der Waals surface area (Å²) >= 11 is 0. The fourth-order valence-electron chi connectivity index (χ4n) is 3.59. The minimum absolute atomic E-state index is 0.0214. The lowest BCUT2D eigenvalue weighted by Gasteiger charge is -2.13. The van der Waals surface area contributed by atoms with Crippen LogP contribution in [0.5, 0.6) is 11.5 Å². The van der Waals surface area contributed by atoms with Crippen molar-refractivity contribution in [3.8, 4) is 33.8 Å². The Morgan fingerprint density at radius 3 is 1.43 bits per heavy atom. The molecule has 0 saturated heterocycles. The van der Waals surface area contributed by atoms with Gasteiger partial charge in [0.1, 0.15) is 11.5 Å². The van der Waals surface area contributed by atoms with Gasteiger partial charge in [0, 0.05) is 11.1 Å². The number of benzene rings is 4. The molecule has 3 heteroatoms. The molecule has 0 fully saturated rings. The Kier molecular flexibility index (Phi) is 5.62. The second kappa shape index (κ2) is 8.66. The molecule has 30 heavy (non-hydrogen) atoms. The third kappa shape index (κ3) is 3.83. The molecule has 0 radical (unpaired) electrons. The van der Waals surface area contributed by atoms with Gasteiger partial charge in [-0.2, -0.15) is 0 Å². The normalized spacial score (nSPS) is 10.5. The summed E-state index contributed by atoms with van der Waals surface area (Å²) in [6, 6.07) is 30.9.